The molecule has 0 unspecified atom stereocenters. The summed E-state index contributed by atoms with van der Waals surface area (Å²) in [6.45, 7) is 3.36. The Morgan fingerprint density at radius 2 is 1.88 bits per heavy atom. The van der Waals surface area contributed by atoms with E-state index in [2.05, 4.69) is 9.71 Å². The van der Waals surface area contributed by atoms with Crippen LogP contribution in [-0.2, 0) is 27.1 Å². The molecule has 0 saturated carbocycles. The van der Waals surface area contributed by atoms with E-state index in [0.29, 0.717) is 0 Å². The molecule has 0 radical (unpaired) electrons. The Labute approximate surface area is 234 Å². The minimum Gasteiger partial charge on any atom is -0.488 e. The summed E-state index contributed by atoms with van der Waals surface area (Å²) >= 11 is 0. The lowest BCUT2D eigenvalue weighted by molar-refractivity contribution is 0.0387. The van der Waals surface area contributed by atoms with Crippen LogP contribution < -0.4 is 9.46 Å². The zero-order valence-corrected chi connectivity index (χ0v) is 24.3. The van der Waals surface area contributed by atoms with Gasteiger partial charge in [-0.05, 0) is 37.3 Å². The lowest BCUT2D eigenvalue weighted by Gasteiger charge is -2.38. The number of ether oxygens (including phenoxy) is 1. The molecule has 14 heteroatoms. The van der Waals surface area contributed by atoms with Gasteiger partial charge < -0.3 is 19.3 Å². The number of imidazole rings is 1. The third-order valence-corrected chi connectivity index (χ3v) is 9.87. The molecule has 1 aromatic heterocycles. The fourth-order valence-electron chi connectivity index (χ4n) is 4.35. The Balaban J connectivity index is 1.68. The third kappa shape index (κ3) is 6.14. The van der Waals surface area contributed by atoms with E-state index in [4.69, 9.17) is 4.74 Å². The first kappa shape index (κ1) is 29.5. The summed E-state index contributed by atoms with van der Waals surface area (Å²) in [4.78, 5) is 19.2. The number of aliphatic hydroxyl groups is 1. The number of carbonyl (C=O) groups is 1. The van der Waals surface area contributed by atoms with Gasteiger partial charge in [0.25, 0.3) is 26.0 Å². The largest absolute Gasteiger partial charge is 0.488 e. The van der Waals surface area contributed by atoms with Crippen molar-refractivity contribution in [3.05, 3.63) is 66.6 Å². The molecule has 4 rings (SSSR count). The molecule has 0 spiro atoms. The van der Waals surface area contributed by atoms with E-state index in [1.54, 1.807) is 32.2 Å². The topological polar surface area (TPSA) is 151 Å². The van der Waals surface area contributed by atoms with E-state index in [-0.39, 0.29) is 52.5 Å². The fraction of sp³-hybridized carbons (Fsp3) is 0.385. The average Bonchev–Trinajstić information content (AvgIpc) is 3.38. The molecule has 2 N–H and O–H groups in total. The van der Waals surface area contributed by atoms with Crippen molar-refractivity contribution < 1.29 is 31.5 Å². The molecule has 3 atom stereocenters. The molecule has 0 aliphatic carbocycles. The number of amides is 1. The second-order valence-electron chi connectivity index (χ2n) is 9.92. The second-order valence-corrected chi connectivity index (χ2v) is 13.6. The number of hydrogen-bond acceptors (Lipinski definition) is 8. The maximum atomic E-state index is 13.6. The molecule has 0 fully saturated rings. The predicted molar refractivity (Wildman–Crippen MR) is 148 cm³/mol. The van der Waals surface area contributed by atoms with Crippen molar-refractivity contribution in [3.8, 4) is 5.75 Å². The van der Waals surface area contributed by atoms with Gasteiger partial charge in [-0.2, -0.15) is 4.31 Å². The second kappa shape index (κ2) is 11.6. The number of aryl methyl sites for hydroxylation is 1. The van der Waals surface area contributed by atoms with Crippen molar-refractivity contribution >= 4 is 31.6 Å². The van der Waals surface area contributed by atoms with Crippen molar-refractivity contribution in [1.82, 2.24) is 18.8 Å². The van der Waals surface area contributed by atoms with E-state index < -0.39 is 38.1 Å². The highest BCUT2D eigenvalue weighted by atomic mass is 32.2. The number of rotatable bonds is 9. The summed E-state index contributed by atoms with van der Waals surface area (Å²) in [6.07, 6.45) is 2.12. The molecule has 0 bridgehead atoms. The monoisotopic (exact) mass is 591 g/mol. The molecule has 0 saturated heterocycles. The molecule has 40 heavy (non-hydrogen) atoms. The third-order valence-electron chi connectivity index (χ3n) is 6.76. The number of aromatic nitrogens is 2. The normalized spacial score (nSPS) is 18.9. The Kier molecular flexibility index (Phi) is 8.54. The molecular weight excluding hydrogens is 558 g/mol. The van der Waals surface area contributed by atoms with Gasteiger partial charge in [0.15, 0.2) is 5.03 Å². The number of hydrogen-bond donors (Lipinski definition) is 2. The van der Waals surface area contributed by atoms with Crippen LogP contribution in [-0.4, -0.2) is 85.5 Å². The van der Waals surface area contributed by atoms with Gasteiger partial charge in [-0.25, -0.2) is 21.8 Å². The number of fused-ring (bicyclic) bond motifs is 1. The molecule has 1 aliphatic heterocycles. The number of nitrogens with zero attached hydrogens (tertiary/aromatic N) is 4. The van der Waals surface area contributed by atoms with Crippen LogP contribution in [0.5, 0.6) is 5.75 Å². The summed E-state index contributed by atoms with van der Waals surface area (Å²) in [5.41, 5.74) is 0.233. The Morgan fingerprint density at radius 3 is 2.50 bits per heavy atom. The first-order valence-electron chi connectivity index (χ1n) is 12.6. The molecule has 12 nitrogen and oxygen atoms in total. The highest BCUT2D eigenvalue weighted by Crippen LogP contribution is 2.32. The van der Waals surface area contributed by atoms with Gasteiger partial charge in [0, 0.05) is 38.4 Å². The molecule has 2 heterocycles. The van der Waals surface area contributed by atoms with E-state index >= 15 is 0 Å². The van der Waals surface area contributed by atoms with E-state index in [0.717, 1.165) is 4.31 Å². The molecule has 216 valence electrons. The standard InChI is InChI=1S/C26H33N5O7S2/c1-18-13-31(19(2)16-32)26(33)22-12-20(28-39(34,35)21-8-6-5-7-9-21)10-11-23(22)38-24(18)14-30(4)40(36,37)25-15-29(3)17-27-25/h5-12,15,17-19,24,28,32H,13-14,16H2,1-4H3/t18-,19-,24-/m1/s1. The predicted octanol–water partition coefficient (Wildman–Crippen LogP) is 1.76. The van der Waals surface area contributed by atoms with Crippen LogP contribution >= 0.6 is 0 Å². The van der Waals surface area contributed by atoms with Gasteiger partial charge in [0.2, 0.25) is 0 Å². The summed E-state index contributed by atoms with van der Waals surface area (Å²) in [6, 6.07) is 11.6. The highest BCUT2D eigenvalue weighted by Gasteiger charge is 2.36. The number of sulfonamides is 2. The summed E-state index contributed by atoms with van der Waals surface area (Å²) < 4.78 is 63.4. The molecule has 3 aromatic rings. The van der Waals surface area contributed by atoms with Gasteiger partial charge >= 0.3 is 0 Å². The van der Waals surface area contributed by atoms with E-state index in [1.165, 1.54) is 59.4 Å². The lowest BCUT2D eigenvalue weighted by Crippen LogP contribution is -2.50. The van der Waals surface area contributed by atoms with Gasteiger partial charge in [-0.3, -0.25) is 9.52 Å². The van der Waals surface area contributed by atoms with E-state index in [9.17, 15) is 26.7 Å². The van der Waals surface area contributed by atoms with Crippen LogP contribution in [0.25, 0.3) is 0 Å². The summed E-state index contributed by atoms with van der Waals surface area (Å²) in [7, 11) is -4.73. The Bertz CT molecular complexity index is 1580. The van der Waals surface area contributed by atoms with Crippen molar-refractivity contribution in [3.63, 3.8) is 0 Å². The number of aliphatic hydroxyl groups excluding tert-OH is 1. The van der Waals surface area contributed by atoms with Gasteiger partial charge in [-0.1, -0.05) is 25.1 Å². The number of anilines is 1. The van der Waals surface area contributed by atoms with Crippen LogP contribution in [0.15, 0.2) is 71.0 Å². The lowest BCUT2D eigenvalue weighted by atomic mass is 9.99. The average molecular weight is 592 g/mol. The number of nitrogens with one attached hydrogen (secondary N) is 1. The van der Waals surface area contributed by atoms with Gasteiger partial charge in [-0.15, -0.1) is 0 Å². The number of benzene rings is 2. The number of carbonyl (C=O) groups excluding carboxylic acids is 1. The SMILES string of the molecule is C[C@@H]1CN([C@H](C)CO)C(=O)c2cc(NS(=O)(=O)c3ccccc3)ccc2O[C@@H]1CN(C)S(=O)(=O)c1cn(C)cn1. The van der Waals surface area contributed by atoms with Crippen molar-refractivity contribution in [2.45, 2.75) is 35.9 Å². The zero-order valence-electron chi connectivity index (χ0n) is 22.6. The first-order valence-corrected chi connectivity index (χ1v) is 15.5. The van der Waals surface area contributed by atoms with Crippen LogP contribution in [0.4, 0.5) is 5.69 Å². The van der Waals surface area contributed by atoms with Gasteiger partial charge in [0.1, 0.15) is 11.9 Å². The Hall–Kier alpha value is -3.46. The first-order chi connectivity index (χ1) is 18.8. The Morgan fingerprint density at radius 1 is 1.18 bits per heavy atom. The van der Waals surface area contributed by atoms with Crippen molar-refractivity contribution in [2.75, 3.05) is 31.5 Å². The molecular formula is C26H33N5O7S2. The van der Waals surface area contributed by atoms with Crippen molar-refractivity contribution in [2.24, 2.45) is 13.0 Å². The molecule has 1 amide bonds. The van der Waals surface area contributed by atoms with Gasteiger partial charge in [0.05, 0.1) is 36.0 Å². The van der Waals surface area contributed by atoms with Crippen LogP contribution in [0.1, 0.15) is 24.2 Å². The van der Waals surface area contributed by atoms with Crippen molar-refractivity contribution in [1.29, 1.82) is 0 Å². The fourth-order valence-corrected chi connectivity index (χ4v) is 6.56. The van der Waals surface area contributed by atoms with E-state index in [1.807, 2.05) is 6.92 Å². The summed E-state index contributed by atoms with van der Waals surface area (Å²) in [5.74, 6) is -0.608. The van der Waals surface area contributed by atoms with Crippen LogP contribution in [0.2, 0.25) is 0 Å². The quantitative estimate of drug-likeness (QED) is 0.382. The minimum atomic E-state index is -3.92. The maximum Gasteiger partial charge on any atom is 0.261 e. The smallest absolute Gasteiger partial charge is 0.261 e. The summed E-state index contributed by atoms with van der Waals surface area (Å²) in [5, 5.41) is 9.77. The molecule has 2 aromatic carbocycles. The van der Waals surface area contributed by atoms with Crippen LogP contribution in [0.3, 0.4) is 0 Å². The molecule has 1 aliphatic rings. The van der Waals surface area contributed by atoms with Crippen LogP contribution in [0, 0.1) is 5.92 Å². The minimum absolute atomic E-state index is 0.0442. The maximum absolute atomic E-state index is 13.6. The number of likely N-dealkylation sites (N-methyl/N-ethyl adjacent to an activating group) is 1. The zero-order chi connectivity index (χ0) is 29.2. The highest BCUT2D eigenvalue weighted by molar-refractivity contribution is 7.92.